The summed E-state index contributed by atoms with van der Waals surface area (Å²) >= 11 is 5.83. The van der Waals surface area contributed by atoms with Crippen molar-refractivity contribution in [3.63, 3.8) is 0 Å². The van der Waals surface area contributed by atoms with E-state index in [1.807, 2.05) is 6.07 Å². The summed E-state index contributed by atoms with van der Waals surface area (Å²) in [6.07, 6.45) is 0. The van der Waals surface area contributed by atoms with Crippen molar-refractivity contribution in [3.05, 3.63) is 22.7 Å². The third kappa shape index (κ3) is 3.02. The number of benzene rings is 1. The van der Waals surface area contributed by atoms with Gasteiger partial charge in [0.05, 0.1) is 29.5 Å². The van der Waals surface area contributed by atoms with E-state index in [1.165, 1.54) is 19.2 Å². The summed E-state index contributed by atoms with van der Waals surface area (Å²) in [6.45, 7) is 1.57. The molecule has 1 aromatic rings. The summed E-state index contributed by atoms with van der Waals surface area (Å²) < 4.78 is 5.04. The van der Waals surface area contributed by atoms with Gasteiger partial charge in [-0.3, -0.25) is 4.79 Å². The molecule has 0 radical (unpaired) electrons. The number of nitrogens with two attached hydrogens (primary N) is 1. The lowest BCUT2D eigenvalue weighted by molar-refractivity contribution is 0.0945. The number of halogens is 1. The molecule has 6 heteroatoms. The fraction of sp³-hybridized carbons (Fsp3) is 0.273. The highest BCUT2D eigenvalue weighted by Crippen LogP contribution is 2.28. The summed E-state index contributed by atoms with van der Waals surface area (Å²) in [5.74, 6) is -0.118. The van der Waals surface area contributed by atoms with Crippen molar-refractivity contribution >= 4 is 23.2 Å². The number of rotatable bonds is 3. The van der Waals surface area contributed by atoms with Gasteiger partial charge in [0.25, 0.3) is 5.91 Å². The number of nitrogens with zero attached hydrogens (tertiary/aromatic N) is 1. The van der Waals surface area contributed by atoms with Crippen molar-refractivity contribution in [1.29, 1.82) is 5.26 Å². The monoisotopic (exact) mass is 253 g/mol. The average molecular weight is 254 g/mol. The van der Waals surface area contributed by atoms with E-state index in [2.05, 4.69) is 5.32 Å². The lowest BCUT2D eigenvalue weighted by atomic mass is 10.1. The van der Waals surface area contributed by atoms with E-state index in [1.54, 1.807) is 6.92 Å². The number of anilines is 1. The van der Waals surface area contributed by atoms with Crippen LogP contribution >= 0.6 is 11.6 Å². The quantitative estimate of drug-likeness (QED) is 0.801. The maximum absolute atomic E-state index is 11.8. The van der Waals surface area contributed by atoms with Crippen molar-refractivity contribution in [1.82, 2.24) is 5.32 Å². The summed E-state index contributed by atoms with van der Waals surface area (Å²) in [5, 5.41) is 11.4. The summed E-state index contributed by atoms with van der Waals surface area (Å²) in [4.78, 5) is 11.8. The first kappa shape index (κ1) is 13.1. The van der Waals surface area contributed by atoms with Crippen LogP contribution in [0.25, 0.3) is 0 Å². The minimum Gasteiger partial charge on any atom is -0.496 e. The predicted molar refractivity (Wildman–Crippen MR) is 65.0 cm³/mol. The Hall–Kier alpha value is -1.93. The number of amides is 1. The molecule has 3 N–H and O–H groups in total. The Bertz CT molecular complexity index is 482. The maximum atomic E-state index is 11.8. The Morgan fingerprint density at radius 2 is 2.29 bits per heavy atom. The third-order valence-corrected chi connectivity index (χ3v) is 2.43. The van der Waals surface area contributed by atoms with Gasteiger partial charge < -0.3 is 15.8 Å². The molecule has 1 rings (SSSR count). The minimum atomic E-state index is -0.594. The maximum Gasteiger partial charge on any atom is 0.256 e. The number of nitrogen functional groups attached to an aromatic ring is 1. The highest BCUT2D eigenvalue weighted by Gasteiger charge is 2.16. The van der Waals surface area contributed by atoms with Crippen molar-refractivity contribution in [2.45, 2.75) is 13.0 Å². The minimum absolute atomic E-state index is 0.244. The molecule has 0 bridgehead atoms. The standard InChI is InChI=1S/C11H12ClN3O2/c1-6(5-13)15-11(16)7-3-8(12)9(14)4-10(7)17-2/h3-4,6H,14H2,1-2H3,(H,15,16). The van der Waals surface area contributed by atoms with Crippen LogP contribution in [0.5, 0.6) is 5.75 Å². The normalized spacial score (nSPS) is 11.4. The van der Waals surface area contributed by atoms with E-state index in [4.69, 9.17) is 27.3 Å². The molecule has 0 aliphatic heterocycles. The summed E-state index contributed by atoms with van der Waals surface area (Å²) in [6, 6.07) is 4.18. The van der Waals surface area contributed by atoms with Gasteiger partial charge in [-0.1, -0.05) is 11.6 Å². The van der Waals surface area contributed by atoms with Crippen LogP contribution in [0.15, 0.2) is 12.1 Å². The number of carbonyl (C=O) groups excluding carboxylic acids is 1. The van der Waals surface area contributed by atoms with Crippen molar-refractivity contribution in [2.75, 3.05) is 12.8 Å². The van der Waals surface area contributed by atoms with Gasteiger partial charge in [0, 0.05) is 6.07 Å². The molecule has 17 heavy (non-hydrogen) atoms. The van der Waals surface area contributed by atoms with Gasteiger partial charge in [-0.15, -0.1) is 0 Å². The van der Waals surface area contributed by atoms with Crippen LogP contribution in [-0.4, -0.2) is 19.1 Å². The first-order chi connectivity index (χ1) is 7.99. The third-order valence-electron chi connectivity index (χ3n) is 2.10. The molecule has 0 saturated heterocycles. The Balaban J connectivity index is 3.09. The van der Waals surface area contributed by atoms with Gasteiger partial charge in [0.1, 0.15) is 11.8 Å². The fourth-order valence-corrected chi connectivity index (χ4v) is 1.39. The molecule has 1 atom stereocenters. The van der Waals surface area contributed by atoms with E-state index in [-0.39, 0.29) is 10.6 Å². The van der Waals surface area contributed by atoms with Crippen molar-refractivity contribution < 1.29 is 9.53 Å². The first-order valence-corrected chi connectivity index (χ1v) is 5.21. The number of carbonyl (C=O) groups is 1. The van der Waals surface area contributed by atoms with Crippen molar-refractivity contribution in [2.24, 2.45) is 0 Å². The number of nitriles is 1. The van der Waals surface area contributed by atoms with Gasteiger partial charge >= 0.3 is 0 Å². The van der Waals surface area contributed by atoms with Gasteiger partial charge in [-0.2, -0.15) is 5.26 Å². The fourth-order valence-electron chi connectivity index (χ4n) is 1.22. The zero-order valence-electron chi connectivity index (χ0n) is 9.45. The molecule has 0 heterocycles. The molecule has 5 nitrogen and oxygen atoms in total. The van der Waals surface area contributed by atoms with Gasteiger partial charge in [-0.05, 0) is 13.0 Å². The second-order valence-electron chi connectivity index (χ2n) is 3.40. The lowest BCUT2D eigenvalue weighted by Gasteiger charge is -2.11. The molecule has 0 saturated carbocycles. The van der Waals surface area contributed by atoms with Crippen LogP contribution in [0.2, 0.25) is 5.02 Å². The predicted octanol–water partition coefficient (Wildman–Crippen LogP) is 1.57. The first-order valence-electron chi connectivity index (χ1n) is 4.83. The molecule has 0 aliphatic carbocycles. The highest BCUT2D eigenvalue weighted by molar-refractivity contribution is 6.33. The second kappa shape index (κ2) is 5.41. The van der Waals surface area contributed by atoms with Crippen LogP contribution in [0, 0.1) is 11.3 Å². The SMILES string of the molecule is COc1cc(N)c(Cl)cc1C(=O)NC(C)C#N. The lowest BCUT2D eigenvalue weighted by Crippen LogP contribution is -2.31. The van der Waals surface area contributed by atoms with E-state index in [0.717, 1.165) is 0 Å². The molecular weight excluding hydrogens is 242 g/mol. The summed E-state index contributed by atoms with van der Waals surface area (Å²) in [5.41, 5.74) is 6.17. The zero-order chi connectivity index (χ0) is 13.0. The number of methoxy groups -OCH3 is 1. The Morgan fingerprint density at radius 1 is 1.65 bits per heavy atom. The molecule has 0 fully saturated rings. The van der Waals surface area contributed by atoms with Crippen LogP contribution in [0.4, 0.5) is 5.69 Å². The zero-order valence-corrected chi connectivity index (χ0v) is 10.2. The molecule has 1 amide bonds. The molecular formula is C11H12ClN3O2. The Kier molecular flexibility index (Phi) is 4.18. The largest absolute Gasteiger partial charge is 0.496 e. The summed E-state index contributed by atoms with van der Waals surface area (Å²) in [7, 11) is 1.42. The Labute approximate surface area is 104 Å². The van der Waals surface area contributed by atoms with Crippen LogP contribution in [-0.2, 0) is 0 Å². The highest BCUT2D eigenvalue weighted by atomic mass is 35.5. The van der Waals surface area contributed by atoms with E-state index in [9.17, 15) is 4.79 Å². The van der Waals surface area contributed by atoms with Gasteiger partial charge in [0.15, 0.2) is 0 Å². The number of ether oxygens (including phenoxy) is 1. The van der Waals surface area contributed by atoms with Crippen LogP contribution < -0.4 is 15.8 Å². The van der Waals surface area contributed by atoms with Gasteiger partial charge in [-0.25, -0.2) is 0 Å². The van der Waals surface area contributed by atoms with E-state index in [0.29, 0.717) is 11.4 Å². The molecule has 0 spiro atoms. The smallest absolute Gasteiger partial charge is 0.256 e. The van der Waals surface area contributed by atoms with E-state index < -0.39 is 11.9 Å². The van der Waals surface area contributed by atoms with Gasteiger partial charge in [0.2, 0.25) is 0 Å². The molecule has 0 aliphatic rings. The molecule has 1 unspecified atom stereocenters. The van der Waals surface area contributed by atoms with Crippen molar-refractivity contribution in [3.8, 4) is 11.8 Å². The average Bonchev–Trinajstić information content (AvgIpc) is 2.31. The second-order valence-corrected chi connectivity index (χ2v) is 3.81. The van der Waals surface area contributed by atoms with E-state index >= 15 is 0 Å². The molecule has 1 aromatic carbocycles. The van der Waals surface area contributed by atoms with Crippen LogP contribution in [0.1, 0.15) is 17.3 Å². The Morgan fingerprint density at radius 3 is 2.82 bits per heavy atom. The molecule has 90 valence electrons. The molecule has 0 aromatic heterocycles. The van der Waals surface area contributed by atoms with Crippen LogP contribution in [0.3, 0.4) is 0 Å². The number of hydrogen-bond acceptors (Lipinski definition) is 4. The number of hydrogen-bond donors (Lipinski definition) is 2. The number of nitrogens with one attached hydrogen (secondary N) is 1. The topological polar surface area (TPSA) is 88.1 Å².